The third-order valence-electron chi connectivity index (χ3n) is 12.1. The van der Waals surface area contributed by atoms with Crippen molar-refractivity contribution < 1.29 is 71.3 Å². The number of urea groups is 1. The van der Waals surface area contributed by atoms with E-state index in [4.69, 9.17) is 61.9 Å². The van der Waals surface area contributed by atoms with E-state index in [9.17, 15) is 14.4 Å². The molecule has 0 bridgehead atoms. The lowest BCUT2D eigenvalue weighted by atomic mass is 9.77. The number of amides is 4. The number of amidine groups is 1. The topological polar surface area (TPSA) is 239 Å². The van der Waals surface area contributed by atoms with Crippen molar-refractivity contribution in [3.05, 3.63) is 137 Å². The van der Waals surface area contributed by atoms with Crippen LogP contribution in [0, 0.1) is 0 Å². The van der Waals surface area contributed by atoms with Crippen LogP contribution in [0.4, 0.5) is 15.3 Å². The maximum Gasteiger partial charge on any atom is 0.407 e. The molecule has 0 saturated heterocycles. The van der Waals surface area contributed by atoms with E-state index in [0.29, 0.717) is 170 Å². The summed E-state index contributed by atoms with van der Waals surface area (Å²) in [5.74, 6) is 0.278. The van der Waals surface area contributed by atoms with Gasteiger partial charge in [-0.15, -0.1) is 0 Å². The predicted molar refractivity (Wildman–Crippen MR) is 319 cm³/mol. The zero-order valence-corrected chi connectivity index (χ0v) is 49.5. The van der Waals surface area contributed by atoms with Crippen LogP contribution in [-0.2, 0) is 67.3 Å². The molecule has 1 aliphatic rings. The van der Waals surface area contributed by atoms with Gasteiger partial charge in [-0.1, -0.05) is 97.9 Å². The van der Waals surface area contributed by atoms with Crippen molar-refractivity contribution in [1.29, 1.82) is 0 Å². The van der Waals surface area contributed by atoms with Gasteiger partial charge in [0, 0.05) is 49.9 Å². The van der Waals surface area contributed by atoms with Crippen LogP contribution >= 0.6 is 0 Å². The molecule has 0 radical (unpaired) electrons. The Bertz CT molecular complexity index is 2370. The summed E-state index contributed by atoms with van der Waals surface area (Å²) in [5.41, 5.74) is 3.41. The van der Waals surface area contributed by atoms with Crippen LogP contribution in [0.3, 0.4) is 0 Å². The fourth-order valence-electron chi connectivity index (χ4n) is 8.22. The first kappa shape index (κ1) is 68.4. The first-order chi connectivity index (χ1) is 41.1. The zero-order valence-electron chi connectivity index (χ0n) is 49.5. The molecule has 0 fully saturated rings. The lowest BCUT2D eigenvalue weighted by Gasteiger charge is -2.33. The van der Waals surface area contributed by atoms with Crippen molar-refractivity contribution in [2.24, 2.45) is 4.99 Å². The van der Waals surface area contributed by atoms with Gasteiger partial charge in [-0.05, 0) is 56.0 Å². The molecule has 84 heavy (non-hydrogen) atoms. The molecule has 1 aromatic heterocycles. The minimum atomic E-state index is -0.964. The average Bonchev–Trinajstić information content (AvgIpc) is 1.83. The van der Waals surface area contributed by atoms with Crippen molar-refractivity contribution in [3.8, 4) is 0 Å². The smallest absolute Gasteiger partial charge is 0.407 e. The average molecular weight is 1170 g/mol. The number of benzene rings is 3. The number of pyridine rings is 1. The monoisotopic (exact) mass is 1170 g/mol. The minimum absolute atomic E-state index is 0.0692. The summed E-state index contributed by atoms with van der Waals surface area (Å²) in [6.07, 6.45) is 5.67. The number of carbonyl (C=O) groups excluding carboxylic acids is 3. The Balaban J connectivity index is 0.830. The first-order valence-electron chi connectivity index (χ1n) is 29.0. The predicted octanol–water partition coefficient (Wildman–Crippen LogP) is 6.83. The van der Waals surface area contributed by atoms with Crippen molar-refractivity contribution in [1.82, 2.24) is 26.0 Å². The number of nitrogens with zero attached hydrogens (tertiary/aromatic N) is 3. The summed E-state index contributed by atoms with van der Waals surface area (Å²) in [7, 11) is 0. The van der Waals surface area contributed by atoms with Crippen molar-refractivity contribution in [2.75, 3.05) is 170 Å². The van der Waals surface area contributed by atoms with Gasteiger partial charge in [-0.2, -0.15) is 0 Å². The third-order valence-corrected chi connectivity index (χ3v) is 12.1. The van der Waals surface area contributed by atoms with E-state index in [-0.39, 0.29) is 31.5 Å². The standard InChI is InChI=1S/C62H89N7O15/c1-5-26-69(58(70)52-48-51-21-22-63-50-56(51)67-57(49-52)68-62(53-15-9-6-10-16-53,54-17-11-7-12-18-54)55-19-13-8-14-20-55)83-29-25-65-59(71)64-23-27-73-30-32-75-34-36-77-38-40-79-42-44-81-46-47-82-45-43-80-41-39-78-37-35-76-33-31-74-28-24-66-60(72)84-61(2,3)4/h6-22,48,50H,5,23-47,49H2,1-4H3,(H,66,72)(H,67,68)(H2,64,65,71). The summed E-state index contributed by atoms with van der Waals surface area (Å²) < 4.78 is 60.3. The largest absolute Gasteiger partial charge is 0.444 e. The van der Waals surface area contributed by atoms with Crippen molar-refractivity contribution in [3.63, 3.8) is 0 Å². The van der Waals surface area contributed by atoms with Gasteiger partial charge in [0.1, 0.15) is 17.0 Å². The number of carbonyl (C=O) groups is 3. The third kappa shape index (κ3) is 27.5. The minimum Gasteiger partial charge on any atom is -0.444 e. The highest BCUT2D eigenvalue weighted by Gasteiger charge is 2.37. The summed E-state index contributed by atoms with van der Waals surface area (Å²) in [4.78, 5) is 54.6. The number of fused-ring (bicyclic) bond motifs is 1. The number of rotatable bonds is 44. The highest BCUT2D eigenvalue weighted by Crippen LogP contribution is 2.41. The van der Waals surface area contributed by atoms with E-state index in [0.717, 1.165) is 27.9 Å². The molecule has 0 atom stereocenters. The van der Waals surface area contributed by atoms with E-state index in [1.54, 1.807) is 12.4 Å². The van der Waals surface area contributed by atoms with Crippen molar-refractivity contribution in [2.45, 2.75) is 51.7 Å². The van der Waals surface area contributed by atoms with E-state index in [1.807, 2.05) is 94.4 Å². The molecule has 5 rings (SSSR count). The molecular weight excluding hydrogens is 1080 g/mol. The molecule has 4 N–H and O–H groups in total. The normalized spacial score (nSPS) is 12.9. The number of aliphatic imine (C=N–C) groups is 1. The molecule has 0 saturated carbocycles. The molecule has 2 heterocycles. The zero-order chi connectivity index (χ0) is 59.6. The number of hydrogen-bond donors (Lipinski definition) is 4. The number of hydroxylamine groups is 2. The molecule has 462 valence electrons. The second kappa shape index (κ2) is 41.6. The summed E-state index contributed by atoms with van der Waals surface area (Å²) in [6.45, 7) is 17.3. The maximum atomic E-state index is 14.5. The summed E-state index contributed by atoms with van der Waals surface area (Å²) in [6, 6.07) is 32.0. The van der Waals surface area contributed by atoms with Gasteiger partial charge in [0.05, 0.1) is 151 Å². The van der Waals surface area contributed by atoms with E-state index in [2.05, 4.69) is 62.6 Å². The quantitative estimate of drug-likeness (QED) is 0.0202. The Morgan fingerprint density at radius 2 is 0.929 bits per heavy atom. The molecule has 4 amide bonds. The Kier molecular flexibility index (Phi) is 33.8. The molecule has 0 spiro atoms. The first-order valence-corrected chi connectivity index (χ1v) is 29.0. The van der Waals surface area contributed by atoms with Crippen LogP contribution < -0.4 is 21.3 Å². The van der Waals surface area contributed by atoms with Crippen LogP contribution in [0.5, 0.6) is 0 Å². The number of nitrogens with one attached hydrogen (secondary N) is 4. The second-order valence-corrected chi connectivity index (χ2v) is 19.8. The molecule has 22 nitrogen and oxygen atoms in total. The fraction of sp³-hybridized carbons (Fsp3) is 0.532. The van der Waals surface area contributed by atoms with Crippen molar-refractivity contribution >= 4 is 35.6 Å². The van der Waals surface area contributed by atoms with Crippen LogP contribution in [-0.4, -0.2) is 204 Å². The Morgan fingerprint density at radius 3 is 1.33 bits per heavy atom. The fourth-order valence-corrected chi connectivity index (χ4v) is 8.22. The van der Waals surface area contributed by atoms with E-state index < -0.39 is 17.2 Å². The Labute approximate surface area is 495 Å². The Morgan fingerprint density at radius 1 is 0.536 bits per heavy atom. The van der Waals surface area contributed by atoms with Gasteiger partial charge in [-0.3, -0.25) is 19.6 Å². The van der Waals surface area contributed by atoms with Gasteiger partial charge >= 0.3 is 12.1 Å². The summed E-state index contributed by atoms with van der Waals surface area (Å²) in [5, 5.41) is 13.1. The second-order valence-electron chi connectivity index (χ2n) is 19.8. The van der Waals surface area contributed by atoms with E-state index >= 15 is 0 Å². The molecule has 4 aromatic rings. The Hall–Kier alpha value is -6.41. The van der Waals surface area contributed by atoms with Gasteiger partial charge < -0.3 is 73.4 Å². The molecule has 3 aromatic carbocycles. The van der Waals surface area contributed by atoms with Crippen LogP contribution in [0.25, 0.3) is 6.08 Å². The number of ether oxygens (including phenoxy) is 11. The number of alkyl carbamates (subject to hydrolysis) is 1. The van der Waals surface area contributed by atoms with Gasteiger partial charge in [-0.25, -0.2) is 14.7 Å². The maximum absolute atomic E-state index is 14.5. The van der Waals surface area contributed by atoms with Crippen LogP contribution in [0.1, 0.15) is 62.8 Å². The van der Waals surface area contributed by atoms with Gasteiger partial charge in [0.15, 0.2) is 0 Å². The number of hydrogen-bond acceptors (Lipinski definition) is 17. The number of anilines is 1. The lowest BCUT2D eigenvalue weighted by molar-refractivity contribution is -0.181. The van der Waals surface area contributed by atoms with E-state index in [1.165, 1.54) is 5.06 Å². The lowest BCUT2D eigenvalue weighted by Crippen LogP contribution is -2.41. The van der Waals surface area contributed by atoms with Gasteiger partial charge in [0.25, 0.3) is 5.91 Å². The SMILES string of the molecule is CCCN(OCCNC(=O)NCCOCCOCCOCCOCCOCCOCCOCCOCCOCCOCCNC(=O)OC(C)(C)C)C(=O)C1=Cc2ccncc2NC(=NC(c2ccccc2)(c2ccccc2)c2ccccc2)C1. The molecular formula is C62H89N7O15. The number of aromatic nitrogens is 1. The molecule has 1 aliphatic heterocycles. The molecule has 0 aliphatic carbocycles. The van der Waals surface area contributed by atoms with Crippen LogP contribution in [0.2, 0.25) is 0 Å². The summed E-state index contributed by atoms with van der Waals surface area (Å²) >= 11 is 0. The highest BCUT2D eigenvalue weighted by molar-refractivity contribution is 6.10. The molecule has 0 unspecified atom stereocenters. The highest BCUT2D eigenvalue weighted by atomic mass is 16.7. The van der Waals surface area contributed by atoms with Gasteiger partial charge in [0.2, 0.25) is 0 Å². The van der Waals surface area contributed by atoms with Crippen LogP contribution in [0.15, 0.2) is 120 Å². The molecule has 22 heteroatoms.